The Morgan fingerprint density at radius 2 is 2.00 bits per heavy atom. The molecule has 130 valence electrons. The van der Waals surface area contributed by atoms with Crippen molar-refractivity contribution in [3.63, 3.8) is 0 Å². The van der Waals surface area contributed by atoms with Gasteiger partial charge in [0.25, 0.3) is 5.69 Å². The predicted molar refractivity (Wildman–Crippen MR) is 91.9 cm³/mol. The molecule has 0 amide bonds. The van der Waals surface area contributed by atoms with E-state index in [2.05, 4.69) is 4.98 Å². The van der Waals surface area contributed by atoms with Crippen molar-refractivity contribution in [2.24, 2.45) is 0 Å². The van der Waals surface area contributed by atoms with E-state index in [1.54, 1.807) is 29.8 Å². The molecule has 1 aliphatic heterocycles. The Morgan fingerprint density at radius 1 is 1.23 bits per heavy atom. The first-order valence-electron chi connectivity index (χ1n) is 7.86. The van der Waals surface area contributed by atoms with Gasteiger partial charge in [-0.1, -0.05) is 12.1 Å². The van der Waals surface area contributed by atoms with E-state index in [-0.39, 0.29) is 29.1 Å². The standard InChI is InChI=1S/C18H13FN4O3/c1-11-9-21-16-7-6-12(23(25)26)8-14(16)18(22(24)10-17(21)20-11)13-4-2-3-5-15(13)19/h2-9H,10H2,1H3. The van der Waals surface area contributed by atoms with Crippen LogP contribution in [0.25, 0.3) is 5.69 Å². The summed E-state index contributed by atoms with van der Waals surface area (Å²) >= 11 is 0. The van der Waals surface area contributed by atoms with E-state index in [1.165, 1.54) is 30.3 Å². The number of fused-ring (bicyclic) bond motifs is 3. The second-order valence-electron chi connectivity index (χ2n) is 5.99. The summed E-state index contributed by atoms with van der Waals surface area (Å²) in [5.74, 6) is -0.0875. The molecule has 0 radical (unpaired) electrons. The van der Waals surface area contributed by atoms with Gasteiger partial charge in [-0.3, -0.25) is 14.7 Å². The third kappa shape index (κ3) is 2.43. The van der Waals surface area contributed by atoms with Crippen molar-refractivity contribution < 1.29 is 14.1 Å². The summed E-state index contributed by atoms with van der Waals surface area (Å²) in [6.07, 6.45) is 1.75. The van der Waals surface area contributed by atoms with Crippen LogP contribution < -0.4 is 0 Å². The zero-order valence-corrected chi connectivity index (χ0v) is 13.7. The largest absolute Gasteiger partial charge is 0.623 e. The first-order valence-corrected chi connectivity index (χ1v) is 7.86. The molecule has 0 saturated carbocycles. The van der Waals surface area contributed by atoms with Crippen LogP contribution in [0.15, 0.2) is 48.7 Å². The average molecular weight is 352 g/mol. The SMILES string of the molecule is Cc1cn2c(n1)C[N+]([O-])=C(c1ccccc1F)c1cc([N+](=O)[O-])ccc1-2. The van der Waals surface area contributed by atoms with Gasteiger partial charge in [-0.15, -0.1) is 0 Å². The van der Waals surface area contributed by atoms with Gasteiger partial charge in [0, 0.05) is 18.3 Å². The monoisotopic (exact) mass is 352 g/mol. The molecule has 0 unspecified atom stereocenters. The highest BCUT2D eigenvalue weighted by molar-refractivity contribution is 6.12. The normalized spacial score (nSPS) is 13.2. The number of rotatable bonds is 2. The van der Waals surface area contributed by atoms with Gasteiger partial charge >= 0.3 is 0 Å². The van der Waals surface area contributed by atoms with Crippen LogP contribution in [0.4, 0.5) is 10.1 Å². The number of non-ortho nitro benzene ring substituents is 1. The van der Waals surface area contributed by atoms with Gasteiger partial charge in [-0.05, 0) is 25.1 Å². The average Bonchev–Trinajstić information content (AvgIpc) is 2.92. The summed E-state index contributed by atoms with van der Waals surface area (Å²) in [5, 5.41) is 24.1. The lowest BCUT2D eigenvalue weighted by molar-refractivity contribution is -0.475. The molecule has 0 bridgehead atoms. The molecule has 26 heavy (non-hydrogen) atoms. The molecule has 0 spiro atoms. The van der Waals surface area contributed by atoms with E-state index in [4.69, 9.17) is 0 Å². The quantitative estimate of drug-likeness (QED) is 0.307. The van der Waals surface area contributed by atoms with Crippen molar-refractivity contribution >= 4 is 11.4 Å². The van der Waals surface area contributed by atoms with E-state index in [0.29, 0.717) is 21.9 Å². The summed E-state index contributed by atoms with van der Waals surface area (Å²) in [6.45, 7) is 1.70. The lowest BCUT2D eigenvalue weighted by atomic mass is 9.99. The minimum absolute atomic E-state index is 0.0463. The fourth-order valence-electron chi connectivity index (χ4n) is 3.18. The van der Waals surface area contributed by atoms with Gasteiger partial charge in [0.1, 0.15) is 5.82 Å². The molecule has 7 nitrogen and oxygen atoms in total. The molecule has 0 aliphatic carbocycles. The van der Waals surface area contributed by atoms with Gasteiger partial charge in [0.2, 0.25) is 12.3 Å². The van der Waals surface area contributed by atoms with Crippen LogP contribution in [0, 0.1) is 28.1 Å². The number of benzene rings is 2. The molecule has 3 aromatic rings. The molecule has 4 rings (SSSR count). The topological polar surface area (TPSA) is 87.0 Å². The Bertz CT molecular complexity index is 1090. The highest BCUT2D eigenvalue weighted by atomic mass is 19.1. The molecule has 8 heteroatoms. The van der Waals surface area contributed by atoms with Gasteiger partial charge < -0.3 is 5.21 Å². The van der Waals surface area contributed by atoms with E-state index < -0.39 is 10.7 Å². The van der Waals surface area contributed by atoms with Gasteiger partial charge in [-0.25, -0.2) is 9.37 Å². The third-order valence-corrected chi connectivity index (χ3v) is 4.27. The van der Waals surface area contributed by atoms with Crippen LogP contribution >= 0.6 is 0 Å². The molecule has 0 saturated heterocycles. The Hall–Kier alpha value is -3.55. The number of aryl methyl sites for hydroxylation is 1. The number of nitro benzene ring substituents is 1. The smallest absolute Gasteiger partial charge is 0.270 e. The number of halogens is 1. The minimum Gasteiger partial charge on any atom is -0.623 e. The minimum atomic E-state index is -0.573. The maximum atomic E-state index is 14.4. The predicted octanol–water partition coefficient (Wildman–Crippen LogP) is 3.09. The zero-order chi connectivity index (χ0) is 18.4. The molecular weight excluding hydrogens is 339 g/mol. The van der Waals surface area contributed by atoms with Crippen molar-refractivity contribution in [1.82, 2.24) is 9.55 Å². The van der Waals surface area contributed by atoms with Crippen molar-refractivity contribution in [3.05, 3.63) is 92.4 Å². The number of nitrogens with zero attached hydrogens (tertiary/aromatic N) is 4. The highest BCUT2D eigenvalue weighted by Gasteiger charge is 2.30. The second-order valence-corrected chi connectivity index (χ2v) is 5.99. The fraction of sp³-hybridized carbons (Fsp3) is 0.111. The molecule has 1 aromatic heterocycles. The Labute approximate surface area is 147 Å². The molecule has 0 fully saturated rings. The van der Waals surface area contributed by atoms with Crippen LogP contribution in [-0.4, -0.2) is 24.9 Å². The number of hydrogen-bond donors (Lipinski definition) is 0. The van der Waals surface area contributed by atoms with Crippen LogP contribution in [0.1, 0.15) is 22.6 Å². The van der Waals surface area contributed by atoms with Crippen molar-refractivity contribution in [1.29, 1.82) is 0 Å². The maximum absolute atomic E-state index is 14.4. The summed E-state index contributed by atoms with van der Waals surface area (Å²) in [4.78, 5) is 15.0. The number of nitro groups is 1. The molecule has 1 aliphatic rings. The molecular formula is C18H13FN4O3. The van der Waals surface area contributed by atoms with Gasteiger partial charge in [0.15, 0.2) is 5.82 Å². The summed E-state index contributed by atoms with van der Waals surface area (Å²) < 4.78 is 16.8. The van der Waals surface area contributed by atoms with Gasteiger partial charge in [0.05, 0.1) is 27.4 Å². The molecule has 0 N–H and O–H groups in total. The molecule has 2 heterocycles. The van der Waals surface area contributed by atoms with Crippen molar-refractivity contribution in [2.75, 3.05) is 0 Å². The van der Waals surface area contributed by atoms with Gasteiger partial charge in [-0.2, -0.15) is 4.74 Å². The second kappa shape index (κ2) is 5.76. The van der Waals surface area contributed by atoms with Crippen LogP contribution in [0.5, 0.6) is 0 Å². The van der Waals surface area contributed by atoms with Crippen LogP contribution in [0.3, 0.4) is 0 Å². The highest BCUT2D eigenvalue weighted by Crippen LogP contribution is 2.29. The lowest BCUT2D eigenvalue weighted by Gasteiger charge is -2.11. The molecule has 2 aromatic carbocycles. The number of hydrogen-bond acceptors (Lipinski definition) is 4. The van der Waals surface area contributed by atoms with E-state index in [9.17, 15) is 19.7 Å². The molecule has 0 atom stereocenters. The number of imidazole rings is 1. The Balaban J connectivity index is 2.08. The summed E-state index contributed by atoms with van der Waals surface area (Å²) in [7, 11) is 0. The van der Waals surface area contributed by atoms with Crippen molar-refractivity contribution in [3.8, 4) is 5.69 Å². The maximum Gasteiger partial charge on any atom is 0.270 e. The van der Waals surface area contributed by atoms with E-state index >= 15 is 0 Å². The summed E-state index contributed by atoms with van der Waals surface area (Å²) in [5.41, 5.74) is 1.51. The van der Waals surface area contributed by atoms with E-state index in [1.807, 2.05) is 0 Å². The first-order chi connectivity index (χ1) is 12.5. The lowest BCUT2D eigenvalue weighted by Crippen LogP contribution is -2.19. The Kier molecular flexibility index (Phi) is 3.54. The van der Waals surface area contributed by atoms with Crippen molar-refractivity contribution in [2.45, 2.75) is 13.5 Å². The summed E-state index contributed by atoms with van der Waals surface area (Å²) in [6, 6.07) is 10.1. The third-order valence-electron chi connectivity index (χ3n) is 4.27. The van der Waals surface area contributed by atoms with Crippen LogP contribution in [-0.2, 0) is 6.54 Å². The first kappa shape index (κ1) is 15.9. The fourth-order valence-corrected chi connectivity index (χ4v) is 3.18. The van der Waals surface area contributed by atoms with Crippen LogP contribution in [0.2, 0.25) is 0 Å². The Morgan fingerprint density at radius 3 is 2.73 bits per heavy atom. The zero-order valence-electron chi connectivity index (χ0n) is 13.7. The number of aromatic nitrogens is 2. The number of hydroxylamine groups is 1. The van der Waals surface area contributed by atoms with E-state index in [0.717, 1.165) is 0 Å².